The van der Waals surface area contributed by atoms with E-state index in [9.17, 15) is 17.6 Å². The Labute approximate surface area is 183 Å². The Balaban J connectivity index is 0.000000360. The van der Waals surface area contributed by atoms with Crippen molar-refractivity contribution in [3.63, 3.8) is 0 Å². The van der Waals surface area contributed by atoms with Gasteiger partial charge in [-0.2, -0.15) is 18.3 Å². The van der Waals surface area contributed by atoms with Crippen LogP contribution in [0.3, 0.4) is 0 Å². The fraction of sp³-hybridized carbons (Fsp3) is 0.524. The first-order chi connectivity index (χ1) is 15.1. The van der Waals surface area contributed by atoms with Gasteiger partial charge in [-0.15, -0.1) is 0 Å². The fourth-order valence-corrected chi connectivity index (χ4v) is 4.11. The second kappa shape index (κ2) is 9.86. The van der Waals surface area contributed by atoms with Crippen LogP contribution >= 0.6 is 0 Å². The average molecular weight is 458 g/mol. The van der Waals surface area contributed by atoms with Crippen molar-refractivity contribution < 1.29 is 32.2 Å². The Morgan fingerprint density at radius 2 is 2.03 bits per heavy atom. The van der Waals surface area contributed by atoms with Crippen LogP contribution in [0.5, 0.6) is 0 Å². The van der Waals surface area contributed by atoms with Crippen LogP contribution < -0.4 is 4.90 Å². The molecule has 0 amide bonds. The van der Waals surface area contributed by atoms with Crippen LogP contribution in [0.2, 0.25) is 0 Å². The summed E-state index contributed by atoms with van der Waals surface area (Å²) in [7, 11) is 1.95. The molecule has 176 valence electrons. The molecule has 1 N–H and O–H groups in total. The molecule has 1 aromatic heterocycles. The third-order valence-corrected chi connectivity index (χ3v) is 5.45. The minimum absolute atomic E-state index is 0.162. The van der Waals surface area contributed by atoms with E-state index in [0.717, 1.165) is 57.9 Å². The van der Waals surface area contributed by atoms with Gasteiger partial charge < -0.3 is 14.7 Å². The second-order valence-corrected chi connectivity index (χ2v) is 8.07. The summed E-state index contributed by atoms with van der Waals surface area (Å²) in [5.41, 5.74) is 2.02. The lowest BCUT2D eigenvalue weighted by Crippen LogP contribution is -2.59. The number of benzene rings is 1. The number of ether oxygens (including phenoxy) is 1. The number of carboxylic acid groups (broad SMARTS) is 1. The molecule has 1 aromatic carbocycles. The van der Waals surface area contributed by atoms with Gasteiger partial charge in [-0.25, -0.2) is 9.18 Å². The summed E-state index contributed by atoms with van der Waals surface area (Å²) in [6.45, 7) is 5.28. The van der Waals surface area contributed by atoms with Gasteiger partial charge in [0.15, 0.2) is 0 Å². The summed E-state index contributed by atoms with van der Waals surface area (Å²) in [6.07, 6.45) is 1.05. The number of morpholine rings is 1. The first-order valence-corrected chi connectivity index (χ1v) is 10.2. The van der Waals surface area contributed by atoms with Crippen molar-refractivity contribution in [2.45, 2.75) is 31.2 Å². The second-order valence-electron chi connectivity index (χ2n) is 8.07. The number of alkyl halides is 3. The molecule has 3 heterocycles. The summed E-state index contributed by atoms with van der Waals surface area (Å²) in [5, 5.41) is 11.4. The molecule has 0 bridgehead atoms. The van der Waals surface area contributed by atoms with Gasteiger partial charge in [0.05, 0.1) is 18.4 Å². The van der Waals surface area contributed by atoms with Crippen LogP contribution in [0.15, 0.2) is 36.7 Å². The molecule has 1 spiro atoms. The van der Waals surface area contributed by atoms with E-state index in [2.05, 4.69) is 21.1 Å². The quantitative estimate of drug-likeness (QED) is 0.713. The van der Waals surface area contributed by atoms with E-state index in [1.165, 1.54) is 11.6 Å². The molecule has 0 saturated carbocycles. The molecule has 1 atom stereocenters. The highest BCUT2D eigenvalue weighted by Crippen LogP contribution is 2.32. The summed E-state index contributed by atoms with van der Waals surface area (Å²) < 4.78 is 53.4. The van der Waals surface area contributed by atoms with Crippen LogP contribution in [0.25, 0.3) is 0 Å². The lowest BCUT2D eigenvalue weighted by molar-refractivity contribution is -0.192. The van der Waals surface area contributed by atoms with Gasteiger partial charge >= 0.3 is 12.1 Å². The van der Waals surface area contributed by atoms with Gasteiger partial charge in [0.25, 0.3) is 0 Å². The smallest absolute Gasteiger partial charge is 0.475 e. The van der Waals surface area contributed by atoms with Crippen molar-refractivity contribution >= 4 is 11.7 Å². The SMILES string of the molecule is Cn1cc(CN2CCOC3(CCCN(c4cccc(F)c4)C3)C2)cn1.O=C(O)C(F)(F)F. The number of aliphatic carboxylic acids is 1. The number of aromatic nitrogens is 2. The van der Waals surface area contributed by atoms with Crippen molar-refractivity contribution in [2.24, 2.45) is 7.05 Å². The average Bonchev–Trinajstić information content (AvgIpc) is 3.12. The standard InChI is InChI=1S/C19H25FN4O.C2HF3O2/c1-22-12-16(11-21-22)13-23-8-9-25-19(14-23)6-3-7-24(15-19)18-5-2-4-17(20)10-18;3-2(4,5)1(6)7/h2,4-5,10-12H,3,6-9,13-15H2,1H3;(H,6,7). The molecule has 0 radical (unpaired) electrons. The fourth-order valence-electron chi connectivity index (χ4n) is 4.11. The van der Waals surface area contributed by atoms with E-state index < -0.39 is 12.1 Å². The Morgan fingerprint density at radius 1 is 1.28 bits per heavy atom. The van der Waals surface area contributed by atoms with E-state index in [4.69, 9.17) is 14.6 Å². The van der Waals surface area contributed by atoms with E-state index in [1.807, 2.05) is 24.0 Å². The molecule has 0 aliphatic carbocycles. The molecule has 2 fully saturated rings. The normalized spacial score (nSPS) is 21.8. The molecule has 32 heavy (non-hydrogen) atoms. The number of piperidine rings is 1. The molecule has 1 unspecified atom stereocenters. The molecular formula is C21H26F4N4O3. The Hall–Kier alpha value is -2.66. The zero-order valence-electron chi connectivity index (χ0n) is 17.7. The van der Waals surface area contributed by atoms with E-state index in [-0.39, 0.29) is 11.4 Å². The molecule has 2 aliphatic heterocycles. The van der Waals surface area contributed by atoms with E-state index >= 15 is 0 Å². The summed E-state index contributed by atoms with van der Waals surface area (Å²) in [4.78, 5) is 13.6. The van der Waals surface area contributed by atoms with Gasteiger partial charge in [-0.3, -0.25) is 9.58 Å². The van der Waals surface area contributed by atoms with Gasteiger partial charge in [-0.05, 0) is 31.0 Å². The maximum absolute atomic E-state index is 13.6. The zero-order valence-corrected chi connectivity index (χ0v) is 17.7. The lowest BCUT2D eigenvalue weighted by Gasteiger charge is -2.48. The third kappa shape index (κ3) is 6.42. The van der Waals surface area contributed by atoms with Crippen molar-refractivity contribution in [3.05, 3.63) is 48.0 Å². The topological polar surface area (TPSA) is 70.8 Å². The van der Waals surface area contributed by atoms with Gasteiger partial charge in [-0.1, -0.05) is 6.07 Å². The van der Waals surface area contributed by atoms with Crippen molar-refractivity contribution in [3.8, 4) is 0 Å². The van der Waals surface area contributed by atoms with Crippen molar-refractivity contribution in [2.75, 3.05) is 37.7 Å². The Morgan fingerprint density at radius 3 is 2.66 bits per heavy atom. The summed E-state index contributed by atoms with van der Waals surface area (Å²) >= 11 is 0. The van der Waals surface area contributed by atoms with Gasteiger partial charge in [0.1, 0.15) is 5.82 Å². The number of aryl methyl sites for hydroxylation is 1. The number of hydrogen-bond donors (Lipinski definition) is 1. The van der Waals surface area contributed by atoms with Gasteiger partial charge in [0.2, 0.25) is 0 Å². The van der Waals surface area contributed by atoms with Crippen molar-refractivity contribution in [1.29, 1.82) is 0 Å². The summed E-state index contributed by atoms with van der Waals surface area (Å²) in [5.74, 6) is -2.94. The number of nitrogens with zero attached hydrogens (tertiary/aromatic N) is 4. The van der Waals surface area contributed by atoms with Crippen LogP contribution in [0, 0.1) is 5.82 Å². The van der Waals surface area contributed by atoms with Crippen molar-refractivity contribution in [1.82, 2.24) is 14.7 Å². The zero-order chi connectivity index (χ0) is 23.4. The number of carbonyl (C=O) groups is 1. The highest BCUT2D eigenvalue weighted by molar-refractivity contribution is 5.73. The maximum atomic E-state index is 13.6. The highest BCUT2D eigenvalue weighted by Gasteiger charge is 2.41. The Bertz CT molecular complexity index is 916. The number of anilines is 1. The third-order valence-electron chi connectivity index (χ3n) is 5.45. The lowest BCUT2D eigenvalue weighted by atomic mass is 9.90. The van der Waals surface area contributed by atoms with Gasteiger partial charge in [0, 0.05) is 57.2 Å². The predicted octanol–water partition coefficient (Wildman–Crippen LogP) is 3.06. The minimum Gasteiger partial charge on any atom is -0.475 e. The largest absolute Gasteiger partial charge is 0.490 e. The molecule has 2 saturated heterocycles. The predicted molar refractivity (Wildman–Crippen MR) is 109 cm³/mol. The molecule has 7 nitrogen and oxygen atoms in total. The molecule has 2 aromatic rings. The number of rotatable bonds is 3. The summed E-state index contributed by atoms with van der Waals surface area (Å²) in [6, 6.07) is 6.88. The molecule has 2 aliphatic rings. The minimum atomic E-state index is -5.08. The highest BCUT2D eigenvalue weighted by atomic mass is 19.4. The Kier molecular flexibility index (Phi) is 7.40. The maximum Gasteiger partial charge on any atom is 0.490 e. The number of hydrogen-bond acceptors (Lipinski definition) is 5. The van der Waals surface area contributed by atoms with Crippen LogP contribution in [-0.2, 0) is 23.1 Å². The monoisotopic (exact) mass is 458 g/mol. The molecule has 11 heteroatoms. The van der Waals surface area contributed by atoms with Crippen LogP contribution in [0.4, 0.5) is 23.2 Å². The molecule has 4 rings (SSSR count). The van der Waals surface area contributed by atoms with Crippen LogP contribution in [-0.4, -0.2) is 70.3 Å². The molecular weight excluding hydrogens is 432 g/mol. The number of halogens is 4. The first-order valence-electron chi connectivity index (χ1n) is 10.2. The van der Waals surface area contributed by atoms with E-state index in [0.29, 0.717) is 0 Å². The number of carboxylic acids is 1. The first kappa shape index (κ1) is 24.0. The van der Waals surface area contributed by atoms with E-state index in [1.54, 1.807) is 12.1 Å². The van der Waals surface area contributed by atoms with Crippen LogP contribution in [0.1, 0.15) is 18.4 Å².